The summed E-state index contributed by atoms with van der Waals surface area (Å²) in [7, 11) is 0. The van der Waals surface area contributed by atoms with Crippen molar-refractivity contribution in [1.82, 2.24) is 10.2 Å². The van der Waals surface area contributed by atoms with Crippen LogP contribution in [0.3, 0.4) is 0 Å². The van der Waals surface area contributed by atoms with Crippen LogP contribution in [0.1, 0.15) is 47.0 Å². The zero-order valence-corrected chi connectivity index (χ0v) is 12.4. The van der Waals surface area contributed by atoms with E-state index in [-0.39, 0.29) is 18.5 Å². The van der Waals surface area contributed by atoms with Gasteiger partial charge in [-0.2, -0.15) is 0 Å². The second-order valence-corrected chi connectivity index (χ2v) is 6.36. The van der Waals surface area contributed by atoms with Gasteiger partial charge in [-0.05, 0) is 38.0 Å². The quantitative estimate of drug-likeness (QED) is 0.746. The van der Waals surface area contributed by atoms with Crippen molar-refractivity contribution in [3.8, 4) is 0 Å². The first-order valence-electron chi connectivity index (χ1n) is 7.00. The minimum atomic E-state index is -0.816. The van der Waals surface area contributed by atoms with Gasteiger partial charge in [0, 0.05) is 25.6 Å². The highest BCUT2D eigenvalue weighted by molar-refractivity contribution is 5.74. The van der Waals surface area contributed by atoms with Crippen molar-refractivity contribution in [3.63, 3.8) is 0 Å². The first kappa shape index (κ1) is 15.8. The number of aliphatic carboxylic acids is 1. The van der Waals surface area contributed by atoms with Crippen molar-refractivity contribution in [2.24, 2.45) is 11.3 Å². The van der Waals surface area contributed by atoms with Crippen LogP contribution >= 0.6 is 0 Å². The van der Waals surface area contributed by atoms with E-state index in [2.05, 4.69) is 19.2 Å². The number of nitrogens with zero attached hydrogens (tertiary/aromatic N) is 1. The summed E-state index contributed by atoms with van der Waals surface area (Å²) in [6, 6.07) is 0.00379. The molecule has 1 rings (SSSR count). The molecule has 1 saturated carbocycles. The smallest absolute Gasteiger partial charge is 0.317 e. The number of nitrogens with one attached hydrogen (secondary N) is 1. The monoisotopic (exact) mass is 270 g/mol. The lowest BCUT2D eigenvalue weighted by Crippen LogP contribution is -2.45. The van der Waals surface area contributed by atoms with Gasteiger partial charge in [-0.25, -0.2) is 4.79 Å². The molecule has 0 radical (unpaired) electrons. The normalized spacial score (nSPS) is 20.2. The summed E-state index contributed by atoms with van der Waals surface area (Å²) < 4.78 is 0. The molecule has 5 nitrogen and oxygen atoms in total. The zero-order chi connectivity index (χ0) is 14.6. The van der Waals surface area contributed by atoms with E-state index in [1.165, 1.54) is 0 Å². The lowest BCUT2D eigenvalue weighted by molar-refractivity contribution is -0.137. The SMILES string of the molecule is CC(C)N(CCCC(=O)O)C(=O)NCC1CC1(C)C. The summed E-state index contributed by atoms with van der Waals surface area (Å²) in [5.41, 5.74) is 0.360. The molecule has 5 heteroatoms. The standard InChI is InChI=1S/C14H26N2O3/c1-10(2)16(7-5-6-12(17)18)13(19)15-9-11-8-14(11,3)4/h10-11H,5-9H2,1-4H3,(H,15,19)(H,17,18). The largest absolute Gasteiger partial charge is 0.481 e. The number of rotatable bonds is 7. The number of carboxylic acid groups (broad SMARTS) is 1. The summed E-state index contributed by atoms with van der Waals surface area (Å²) in [5.74, 6) is -0.242. The molecule has 0 saturated heterocycles. The summed E-state index contributed by atoms with van der Waals surface area (Å²) in [4.78, 5) is 24.3. The molecule has 0 aromatic rings. The van der Waals surface area contributed by atoms with E-state index >= 15 is 0 Å². The molecule has 0 aliphatic heterocycles. The van der Waals surface area contributed by atoms with Gasteiger partial charge in [0.1, 0.15) is 0 Å². The second kappa shape index (κ2) is 6.26. The van der Waals surface area contributed by atoms with Crippen LogP contribution in [-0.4, -0.2) is 41.1 Å². The molecule has 2 N–H and O–H groups in total. The van der Waals surface area contributed by atoms with E-state index < -0.39 is 5.97 Å². The van der Waals surface area contributed by atoms with Crippen LogP contribution in [-0.2, 0) is 4.79 Å². The number of carboxylic acids is 1. The van der Waals surface area contributed by atoms with Crippen molar-refractivity contribution in [3.05, 3.63) is 0 Å². The summed E-state index contributed by atoms with van der Waals surface area (Å²) in [5, 5.41) is 11.6. The van der Waals surface area contributed by atoms with Crippen LogP contribution in [0, 0.1) is 11.3 Å². The van der Waals surface area contributed by atoms with Gasteiger partial charge in [0.25, 0.3) is 0 Å². The molecule has 110 valence electrons. The number of urea groups is 1. The predicted octanol–water partition coefficient (Wildman–Crippen LogP) is 2.32. The van der Waals surface area contributed by atoms with Crippen molar-refractivity contribution in [2.45, 2.75) is 53.0 Å². The fraction of sp³-hybridized carbons (Fsp3) is 0.857. The summed E-state index contributed by atoms with van der Waals surface area (Å²) in [6.45, 7) is 9.51. The van der Waals surface area contributed by atoms with Crippen LogP contribution in [0.15, 0.2) is 0 Å². The molecule has 1 aliphatic rings. The van der Waals surface area contributed by atoms with Crippen molar-refractivity contribution < 1.29 is 14.7 Å². The van der Waals surface area contributed by atoms with Gasteiger partial charge in [-0.1, -0.05) is 13.8 Å². The maximum atomic E-state index is 12.1. The third-order valence-corrected chi connectivity index (χ3v) is 3.89. The predicted molar refractivity (Wildman–Crippen MR) is 74.0 cm³/mol. The summed E-state index contributed by atoms with van der Waals surface area (Å²) >= 11 is 0. The van der Waals surface area contributed by atoms with E-state index in [1.807, 2.05) is 13.8 Å². The van der Waals surface area contributed by atoms with Gasteiger partial charge >= 0.3 is 12.0 Å². The van der Waals surface area contributed by atoms with Gasteiger partial charge in [0.2, 0.25) is 0 Å². The van der Waals surface area contributed by atoms with Gasteiger partial charge in [-0.3, -0.25) is 4.79 Å². The lowest BCUT2D eigenvalue weighted by atomic mass is 10.1. The Bertz CT molecular complexity index is 340. The van der Waals surface area contributed by atoms with E-state index in [0.717, 1.165) is 6.42 Å². The number of carbonyl (C=O) groups is 2. The molecule has 1 unspecified atom stereocenters. The highest BCUT2D eigenvalue weighted by atomic mass is 16.4. The van der Waals surface area contributed by atoms with Crippen molar-refractivity contribution in [1.29, 1.82) is 0 Å². The Balaban J connectivity index is 2.33. The Labute approximate surface area is 115 Å². The molecule has 0 spiro atoms. The molecule has 0 aromatic carbocycles. The molecule has 2 amide bonds. The Morgan fingerprint density at radius 2 is 2.00 bits per heavy atom. The number of carbonyl (C=O) groups excluding carboxylic acids is 1. The summed E-state index contributed by atoms with van der Waals surface area (Å²) in [6.07, 6.45) is 1.76. The van der Waals surface area contributed by atoms with Crippen LogP contribution < -0.4 is 5.32 Å². The Kier molecular flexibility index (Phi) is 5.20. The molecule has 0 aromatic heterocycles. The first-order valence-corrected chi connectivity index (χ1v) is 7.00. The Hall–Kier alpha value is -1.26. The molecule has 0 bridgehead atoms. The molecule has 0 heterocycles. The third-order valence-electron chi connectivity index (χ3n) is 3.89. The fourth-order valence-electron chi connectivity index (χ4n) is 2.23. The molecule has 1 aliphatic carbocycles. The molecule has 19 heavy (non-hydrogen) atoms. The van der Waals surface area contributed by atoms with E-state index in [4.69, 9.17) is 5.11 Å². The van der Waals surface area contributed by atoms with Crippen LogP contribution in [0.4, 0.5) is 4.79 Å². The number of amides is 2. The van der Waals surface area contributed by atoms with Crippen LogP contribution in [0.25, 0.3) is 0 Å². The highest BCUT2D eigenvalue weighted by Crippen LogP contribution is 2.50. The van der Waals surface area contributed by atoms with Crippen LogP contribution in [0.2, 0.25) is 0 Å². The molecular formula is C14H26N2O3. The lowest BCUT2D eigenvalue weighted by Gasteiger charge is -2.27. The average molecular weight is 270 g/mol. The minimum absolute atomic E-state index is 0.0805. The minimum Gasteiger partial charge on any atom is -0.481 e. The maximum absolute atomic E-state index is 12.1. The van der Waals surface area contributed by atoms with Crippen molar-refractivity contribution >= 4 is 12.0 Å². The zero-order valence-electron chi connectivity index (χ0n) is 12.4. The van der Waals surface area contributed by atoms with Gasteiger partial charge in [-0.15, -0.1) is 0 Å². The Morgan fingerprint density at radius 3 is 2.42 bits per heavy atom. The highest BCUT2D eigenvalue weighted by Gasteiger charge is 2.45. The number of hydrogen-bond acceptors (Lipinski definition) is 2. The number of hydrogen-bond donors (Lipinski definition) is 2. The van der Waals surface area contributed by atoms with Crippen molar-refractivity contribution in [2.75, 3.05) is 13.1 Å². The van der Waals surface area contributed by atoms with E-state index in [1.54, 1.807) is 4.90 Å². The van der Waals surface area contributed by atoms with E-state index in [0.29, 0.717) is 30.8 Å². The van der Waals surface area contributed by atoms with Gasteiger partial charge in [0.05, 0.1) is 0 Å². The average Bonchev–Trinajstić information content (AvgIpc) is 2.88. The third kappa shape index (κ3) is 5.09. The Morgan fingerprint density at radius 1 is 1.42 bits per heavy atom. The molecule has 1 atom stereocenters. The fourth-order valence-corrected chi connectivity index (χ4v) is 2.23. The first-order chi connectivity index (χ1) is 8.74. The van der Waals surface area contributed by atoms with Crippen LogP contribution in [0.5, 0.6) is 0 Å². The maximum Gasteiger partial charge on any atom is 0.317 e. The molecular weight excluding hydrogens is 244 g/mol. The van der Waals surface area contributed by atoms with Gasteiger partial charge < -0.3 is 15.3 Å². The molecule has 1 fully saturated rings. The van der Waals surface area contributed by atoms with E-state index in [9.17, 15) is 9.59 Å². The topological polar surface area (TPSA) is 69.6 Å². The van der Waals surface area contributed by atoms with Gasteiger partial charge in [0.15, 0.2) is 0 Å². The second-order valence-electron chi connectivity index (χ2n) is 6.36.